The molecule has 0 saturated carbocycles. The quantitative estimate of drug-likeness (QED) is 0.534. The van der Waals surface area contributed by atoms with Gasteiger partial charge in [-0.3, -0.25) is 14.9 Å². The summed E-state index contributed by atoms with van der Waals surface area (Å²) >= 11 is 0. The maximum Gasteiger partial charge on any atom is 0.271 e. The number of nitrogens with one attached hydrogen (secondary N) is 1. The maximum absolute atomic E-state index is 13.1. The normalized spacial score (nSPS) is 11.2. The predicted molar refractivity (Wildman–Crippen MR) is 79.1 cm³/mol. The Morgan fingerprint density at radius 3 is 2.26 bits per heavy atom. The second kappa shape index (κ2) is 6.73. The SMILES string of the molecule is C/C(=N/NC(=O)c1ccc([N+](=O)[O-])cc1)c1ccc(F)c(F)c1. The molecule has 118 valence electrons. The molecular weight excluding hydrogens is 308 g/mol. The van der Waals surface area contributed by atoms with Gasteiger partial charge in [0.1, 0.15) is 0 Å². The number of carbonyl (C=O) groups is 1. The molecule has 0 aliphatic rings. The summed E-state index contributed by atoms with van der Waals surface area (Å²) in [6.07, 6.45) is 0. The highest BCUT2D eigenvalue weighted by atomic mass is 19.2. The van der Waals surface area contributed by atoms with E-state index in [-0.39, 0.29) is 17.0 Å². The van der Waals surface area contributed by atoms with E-state index in [0.717, 1.165) is 12.1 Å². The van der Waals surface area contributed by atoms with Crippen LogP contribution in [-0.4, -0.2) is 16.5 Å². The Balaban J connectivity index is 2.10. The van der Waals surface area contributed by atoms with Gasteiger partial charge in [0.2, 0.25) is 0 Å². The summed E-state index contributed by atoms with van der Waals surface area (Å²) in [4.78, 5) is 21.8. The van der Waals surface area contributed by atoms with Crippen molar-refractivity contribution in [1.29, 1.82) is 0 Å². The minimum Gasteiger partial charge on any atom is -0.267 e. The number of nitro groups is 1. The number of amides is 1. The Hall–Kier alpha value is -3.16. The van der Waals surface area contributed by atoms with Crippen molar-refractivity contribution < 1.29 is 18.5 Å². The highest BCUT2D eigenvalue weighted by molar-refractivity contribution is 6.00. The van der Waals surface area contributed by atoms with Crippen LogP contribution in [0, 0.1) is 21.7 Å². The molecule has 8 heteroatoms. The maximum atomic E-state index is 13.1. The summed E-state index contributed by atoms with van der Waals surface area (Å²) in [5, 5.41) is 14.3. The zero-order chi connectivity index (χ0) is 17.0. The summed E-state index contributed by atoms with van der Waals surface area (Å²) < 4.78 is 26.0. The number of benzene rings is 2. The molecule has 0 fully saturated rings. The van der Waals surface area contributed by atoms with Gasteiger partial charge >= 0.3 is 0 Å². The molecule has 23 heavy (non-hydrogen) atoms. The number of hydrogen-bond donors (Lipinski definition) is 1. The molecule has 0 aromatic heterocycles. The van der Waals surface area contributed by atoms with Crippen LogP contribution in [0.15, 0.2) is 47.6 Å². The Morgan fingerprint density at radius 2 is 1.70 bits per heavy atom. The smallest absolute Gasteiger partial charge is 0.267 e. The standard InChI is InChI=1S/C15H11F2N3O3/c1-9(11-4-7-13(16)14(17)8-11)18-19-15(21)10-2-5-12(6-3-10)20(22)23/h2-8H,1H3,(H,19,21)/b18-9-. The molecule has 0 bridgehead atoms. The molecule has 0 aliphatic carbocycles. The molecule has 6 nitrogen and oxygen atoms in total. The van der Waals surface area contributed by atoms with Crippen molar-refractivity contribution in [3.63, 3.8) is 0 Å². The van der Waals surface area contributed by atoms with E-state index >= 15 is 0 Å². The first kappa shape index (κ1) is 16.2. The predicted octanol–water partition coefficient (Wildman–Crippen LogP) is 3.03. The Morgan fingerprint density at radius 1 is 1.09 bits per heavy atom. The fourth-order valence-electron chi connectivity index (χ4n) is 1.72. The number of carbonyl (C=O) groups excluding carboxylic acids is 1. The monoisotopic (exact) mass is 319 g/mol. The molecule has 1 N–H and O–H groups in total. The lowest BCUT2D eigenvalue weighted by Gasteiger charge is -2.03. The topological polar surface area (TPSA) is 84.6 Å². The fraction of sp³-hybridized carbons (Fsp3) is 0.0667. The van der Waals surface area contributed by atoms with Gasteiger partial charge in [-0.25, -0.2) is 14.2 Å². The largest absolute Gasteiger partial charge is 0.271 e. The van der Waals surface area contributed by atoms with Crippen LogP contribution in [0.5, 0.6) is 0 Å². The number of rotatable bonds is 4. The average molecular weight is 319 g/mol. The second-order valence-electron chi connectivity index (χ2n) is 4.57. The van der Waals surface area contributed by atoms with Crippen molar-refractivity contribution in [3.8, 4) is 0 Å². The fourth-order valence-corrected chi connectivity index (χ4v) is 1.72. The lowest BCUT2D eigenvalue weighted by atomic mass is 10.1. The van der Waals surface area contributed by atoms with Gasteiger partial charge in [-0.1, -0.05) is 0 Å². The zero-order valence-electron chi connectivity index (χ0n) is 11.9. The van der Waals surface area contributed by atoms with Gasteiger partial charge in [-0.05, 0) is 37.3 Å². The van der Waals surface area contributed by atoms with Crippen LogP contribution < -0.4 is 5.43 Å². The summed E-state index contributed by atoms with van der Waals surface area (Å²) in [5.41, 5.74) is 2.87. The molecule has 0 atom stereocenters. The van der Waals surface area contributed by atoms with E-state index in [0.29, 0.717) is 5.56 Å². The molecule has 1 amide bonds. The van der Waals surface area contributed by atoms with E-state index in [1.165, 1.54) is 37.3 Å². The van der Waals surface area contributed by atoms with Crippen LogP contribution in [-0.2, 0) is 0 Å². The van der Waals surface area contributed by atoms with Crippen LogP contribution in [0.1, 0.15) is 22.8 Å². The van der Waals surface area contributed by atoms with E-state index in [1.807, 2.05) is 0 Å². The van der Waals surface area contributed by atoms with Gasteiger partial charge in [-0.2, -0.15) is 5.10 Å². The second-order valence-corrected chi connectivity index (χ2v) is 4.57. The first-order valence-corrected chi connectivity index (χ1v) is 6.43. The number of non-ortho nitro benzene ring substituents is 1. The molecule has 0 unspecified atom stereocenters. The summed E-state index contributed by atoms with van der Waals surface area (Å²) in [5.74, 6) is -2.57. The molecule has 2 aromatic carbocycles. The molecular formula is C15H11F2N3O3. The lowest BCUT2D eigenvalue weighted by Crippen LogP contribution is -2.19. The van der Waals surface area contributed by atoms with Crippen molar-refractivity contribution in [2.75, 3.05) is 0 Å². The minimum absolute atomic E-state index is 0.136. The third kappa shape index (κ3) is 3.94. The van der Waals surface area contributed by atoms with E-state index < -0.39 is 22.5 Å². The van der Waals surface area contributed by atoms with Gasteiger partial charge in [0, 0.05) is 23.3 Å². The molecule has 0 spiro atoms. The minimum atomic E-state index is -1.02. The van der Waals surface area contributed by atoms with Crippen molar-refractivity contribution in [2.45, 2.75) is 6.92 Å². The van der Waals surface area contributed by atoms with Crippen LogP contribution >= 0.6 is 0 Å². The molecule has 2 rings (SSSR count). The third-order valence-electron chi connectivity index (χ3n) is 3.00. The molecule has 0 radical (unpaired) electrons. The highest BCUT2D eigenvalue weighted by Gasteiger charge is 2.09. The van der Waals surface area contributed by atoms with Crippen LogP contribution in [0.3, 0.4) is 0 Å². The first-order chi connectivity index (χ1) is 10.9. The van der Waals surface area contributed by atoms with Gasteiger partial charge in [0.05, 0.1) is 10.6 Å². The van der Waals surface area contributed by atoms with Crippen LogP contribution in [0.4, 0.5) is 14.5 Å². The van der Waals surface area contributed by atoms with Gasteiger partial charge in [0.15, 0.2) is 11.6 Å². The van der Waals surface area contributed by atoms with Crippen molar-refractivity contribution in [1.82, 2.24) is 5.43 Å². The van der Waals surface area contributed by atoms with Crippen LogP contribution in [0.2, 0.25) is 0 Å². The van der Waals surface area contributed by atoms with Crippen molar-refractivity contribution in [3.05, 3.63) is 75.3 Å². The number of nitro benzene ring substituents is 1. The van der Waals surface area contributed by atoms with Crippen LogP contribution in [0.25, 0.3) is 0 Å². The Bertz CT molecular complexity index is 789. The van der Waals surface area contributed by atoms with Gasteiger partial charge < -0.3 is 0 Å². The van der Waals surface area contributed by atoms with Crippen molar-refractivity contribution >= 4 is 17.3 Å². The van der Waals surface area contributed by atoms with Crippen molar-refractivity contribution in [2.24, 2.45) is 5.10 Å². The lowest BCUT2D eigenvalue weighted by molar-refractivity contribution is -0.384. The Kier molecular flexibility index (Phi) is 4.75. The number of halogens is 2. The highest BCUT2D eigenvalue weighted by Crippen LogP contribution is 2.12. The van der Waals surface area contributed by atoms with Gasteiger partial charge in [-0.15, -0.1) is 0 Å². The molecule has 2 aromatic rings. The Labute approximate surface area is 129 Å². The number of hydrogen-bond acceptors (Lipinski definition) is 4. The van der Waals surface area contributed by atoms with E-state index in [9.17, 15) is 23.7 Å². The van der Waals surface area contributed by atoms with E-state index in [1.54, 1.807) is 0 Å². The van der Waals surface area contributed by atoms with Gasteiger partial charge in [0.25, 0.3) is 11.6 Å². The molecule has 0 aliphatic heterocycles. The molecule has 0 saturated heterocycles. The summed E-state index contributed by atoms with van der Waals surface area (Å²) in [6.45, 7) is 1.52. The summed E-state index contributed by atoms with van der Waals surface area (Å²) in [7, 11) is 0. The number of nitrogens with zero attached hydrogens (tertiary/aromatic N) is 2. The number of hydrazone groups is 1. The van der Waals surface area contributed by atoms with E-state index in [2.05, 4.69) is 10.5 Å². The third-order valence-corrected chi connectivity index (χ3v) is 3.00. The molecule has 0 heterocycles. The first-order valence-electron chi connectivity index (χ1n) is 6.43. The average Bonchev–Trinajstić information content (AvgIpc) is 2.54. The zero-order valence-corrected chi connectivity index (χ0v) is 11.9. The van der Waals surface area contributed by atoms with E-state index in [4.69, 9.17) is 0 Å². The summed E-state index contributed by atoms with van der Waals surface area (Å²) in [6, 6.07) is 8.22.